The van der Waals surface area contributed by atoms with E-state index >= 15 is 0 Å². The summed E-state index contributed by atoms with van der Waals surface area (Å²) in [7, 11) is 0. The van der Waals surface area contributed by atoms with Gasteiger partial charge in [0.2, 0.25) is 5.91 Å². The molecule has 0 aliphatic carbocycles. The number of hydrogen-bond acceptors (Lipinski definition) is 3. The van der Waals surface area contributed by atoms with Crippen LogP contribution in [-0.2, 0) is 16.1 Å². The van der Waals surface area contributed by atoms with Crippen LogP contribution in [0.2, 0.25) is 10.0 Å². The van der Waals surface area contributed by atoms with E-state index in [2.05, 4.69) is 5.32 Å². The van der Waals surface area contributed by atoms with E-state index in [1.54, 1.807) is 31.2 Å². The lowest BCUT2D eigenvalue weighted by Crippen LogP contribution is -2.49. The van der Waals surface area contributed by atoms with Crippen molar-refractivity contribution in [1.29, 1.82) is 0 Å². The minimum Gasteiger partial charge on any atom is -0.484 e. The van der Waals surface area contributed by atoms with Crippen molar-refractivity contribution in [2.75, 3.05) is 13.2 Å². The molecule has 0 saturated heterocycles. The van der Waals surface area contributed by atoms with Gasteiger partial charge in [0.05, 0.1) is 10.0 Å². The van der Waals surface area contributed by atoms with Crippen molar-refractivity contribution >= 4 is 35.0 Å². The second-order valence-electron chi connectivity index (χ2n) is 6.45. The Bertz CT molecular complexity index is 842. The minimum absolute atomic E-state index is 0.172. The van der Waals surface area contributed by atoms with Crippen molar-refractivity contribution in [2.45, 2.75) is 33.4 Å². The van der Waals surface area contributed by atoms with Crippen LogP contribution in [0.1, 0.15) is 25.0 Å². The quantitative estimate of drug-likeness (QED) is 0.691. The predicted molar refractivity (Wildman–Crippen MR) is 112 cm³/mol. The normalized spacial score (nSPS) is 11.6. The summed E-state index contributed by atoms with van der Waals surface area (Å²) in [6.45, 7) is 5.99. The Morgan fingerprint density at radius 3 is 2.54 bits per heavy atom. The monoisotopic (exact) mass is 422 g/mol. The van der Waals surface area contributed by atoms with E-state index in [0.717, 1.165) is 11.1 Å². The number of rotatable bonds is 8. The summed E-state index contributed by atoms with van der Waals surface area (Å²) in [6.07, 6.45) is 0. The molecular formula is C21H24Cl2N2O3. The molecule has 0 radical (unpaired) electrons. The summed E-state index contributed by atoms with van der Waals surface area (Å²) >= 11 is 12.1. The molecule has 2 aromatic rings. The van der Waals surface area contributed by atoms with E-state index in [0.29, 0.717) is 22.3 Å². The van der Waals surface area contributed by atoms with Gasteiger partial charge in [0, 0.05) is 13.1 Å². The Morgan fingerprint density at radius 2 is 1.89 bits per heavy atom. The number of nitrogens with one attached hydrogen (secondary N) is 1. The molecule has 0 spiro atoms. The minimum atomic E-state index is -0.664. The predicted octanol–water partition coefficient (Wildman–Crippen LogP) is 4.23. The summed E-state index contributed by atoms with van der Waals surface area (Å²) < 4.78 is 5.63. The maximum atomic E-state index is 12.9. The first-order chi connectivity index (χ1) is 13.3. The largest absolute Gasteiger partial charge is 0.484 e. The third kappa shape index (κ3) is 6.14. The average molecular weight is 423 g/mol. The molecule has 1 N–H and O–H groups in total. The van der Waals surface area contributed by atoms with Crippen molar-refractivity contribution < 1.29 is 14.3 Å². The highest BCUT2D eigenvalue weighted by Crippen LogP contribution is 2.24. The smallest absolute Gasteiger partial charge is 0.261 e. The fourth-order valence-electron chi connectivity index (χ4n) is 2.67. The zero-order valence-corrected chi connectivity index (χ0v) is 17.7. The maximum absolute atomic E-state index is 12.9. The van der Waals surface area contributed by atoms with Crippen LogP contribution in [0.5, 0.6) is 5.75 Å². The third-order valence-corrected chi connectivity index (χ3v) is 4.95. The molecule has 0 heterocycles. The Morgan fingerprint density at radius 1 is 1.14 bits per heavy atom. The average Bonchev–Trinajstić information content (AvgIpc) is 2.66. The molecule has 0 aliphatic rings. The lowest BCUT2D eigenvalue weighted by molar-refractivity contribution is -0.142. The van der Waals surface area contributed by atoms with Gasteiger partial charge in [0.1, 0.15) is 11.8 Å². The summed E-state index contributed by atoms with van der Waals surface area (Å²) in [6, 6.07) is 11.9. The Labute approximate surface area is 175 Å². The number of aryl methyl sites for hydroxylation is 1. The van der Waals surface area contributed by atoms with Crippen molar-refractivity contribution in [3.63, 3.8) is 0 Å². The summed E-state index contributed by atoms with van der Waals surface area (Å²) in [5.74, 6) is 0.0753. The molecule has 0 unspecified atom stereocenters. The molecule has 2 amide bonds. The first-order valence-corrected chi connectivity index (χ1v) is 9.78. The van der Waals surface area contributed by atoms with Crippen LogP contribution in [-0.4, -0.2) is 35.9 Å². The zero-order valence-electron chi connectivity index (χ0n) is 16.2. The summed E-state index contributed by atoms with van der Waals surface area (Å²) in [4.78, 5) is 26.7. The van der Waals surface area contributed by atoms with Gasteiger partial charge in [-0.05, 0) is 56.2 Å². The third-order valence-electron chi connectivity index (χ3n) is 4.21. The number of ether oxygens (including phenoxy) is 1. The topological polar surface area (TPSA) is 58.6 Å². The van der Waals surface area contributed by atoms with Gasteiger partial charge in [-0.25, -0.2) is 0 Å². The van der Waals surface area contributed by atoms with E-state index in [4.69, 9.17) is 27.9 Å². The Balaban J connectivity index is 2.17. The molecule has 0 aromatic heterocycles. The molecule has 28 heavy (non-hydrogen) atoms. The second-order valence-corrected chi connectivity index (χ2v) is 7.26. The SMILES string of the molecule is CCNC(=O)[C@@H](C)N(Cc1ccc(Cl)c(Cl)c1)C(=O)COc1cccc(C)c1. The van der Waals surface area contributed by atoms with E-state index in [-0.39, 0.29) is 25.0 Å². The molecular weight excluding hydrogens is 399 g/mol. The van der Waals surface area contributed by atoms with Gasteiger partial charge >= 0.3 is 0 Å². The van der Waals surface area contributed by atoms with Crippen LogP contribution in [0.25, 0.3) is 0 Å². The number of carbonyl (C=O) groups is 2. The lowest BCUT2D eigenvalue weighted by atomic mass is 10.1. The fraction of sp³-hybridized carbons (Fsp3) is 0.333. The molecule has 0 saturated carbocycles. The van der Waals surface area contributed by atoms with Crippen LogP contribution in [0.4, 0.5) is 0 Å². The van der Waals surface area contributed by atoms with Crippen molar-refractivity contribution in [2.24, 2.45) is 0 Å². The Kier molecular flexibility index (Phi) is 8.15. The maximum Gasteiger partial charge on any atom is 0.261 e. The molecule has 0 bridgehead atoms. The number of hydrogen-bond donors (Lipinski definition) is 1. The van der Waals surface area contributed by atoms with Gasteiger partial charge in [-0.1, -0.05) is 41.4 Å². The highest BCUT2D eigenvalue weighted by Gasteiger charge is 2.26. The number of halogens is 2. The van der Waals surface area contributed by atoms with E-state index in [1.807, 2.05) is 32.0 Å². The fourth-order valence-corrected chi connectivity index (χ4v) is 2.99. The molecule has 0 fully saturated rings. The molecule has 0 aliphatic heterocycles. The zero-order chi connectivity index (χ0) is 20.7. The first-order valence-electron chi connectivity index (χ1n) is 9.02. The van der Waals surface area contributed by atoms with E-state index < -0.39 is 6.04 Å². The number of likely N-dealkylation sites (N-methyl/N-ethyl adjacent to an activating group) is 1. The number of benzene rings is 2. The lowest BCUT2D eigenvalue weighted by Gasteiger charge is -2.28. The van der Waals surface area contributed by atoms with Gasteiger partial charge in [0.25, 0.3) is 5.91 Å². The molecule has 2 aromatic carbocycles. The standard InChI is InChI=1S/C21H24Cl2N2O3/c1-4-24-21(27)15(3)25(12-16-8-9-18(22)19(23)11-16)20(26)13-28-17-7-5-6-14(2)10-17/h5-11,15H,4,12-13H2,1-3H3,(H,24,27)/t15-/m1/s1. The van der Waals surface area contributed by atoms with Gasteiger partial charge in [-0.3, -0.25) is 9.59 Å². The van der Waals surface area contributed by atoms with Crippen LogP contribution < -0.4 is 10.1 Å². The van der Waals surface area contributed by atoms with Crippen molar-refractivity contribution in [1.82, 2.24) is 10.2 Å². The summed E-state index contributed by atoms with van der Waals surface area (Å²) in [5, 5.41) is 3.58. The highest BCUT2D eigenvalue weighted by atomic mass is 35.5. The Hall–Kier alpha value is -2.24. The summed E-state index contributed by atoms with van der Waals surface area (Å²) in [5.41, 5.74) is 1.81. The molecule has 150 valence electrons. The number of amides is 2. The molecule has 5 nitrogen and oxygen atoms in total. The van der Waals surface area contributed by atoms with Gasteiger partial charge in [-0.2, -0.15) is 0 Å². The van der Waals surface area contributed by atoms with Crippen LogP contribution in [0, 0.1) is 6.92 Å². The van der Waals surface area contributed by atoms with E-state index in [9.17, 15) is 9.59 Å². The van der Waals surface area contributed by atoms with Crippen molar-refractivity contribution in [3.8, 4) is 5.75 Å². The van der Waals surface area contributed by atoms with Crippen LogP contribution in [0.15, 0.2) is 42.5 Å². The van der Waals surface area contributed by atoms with Gasteiger partial charge in [-0.15, -0.1) is 0 Å². The molecule has 7 heteroatoms. The first kappa shape index (κ1) is 22.1. The van der Waals surface area contributed by atoms with Crippen LogP contribution in [0.3, 0.4) is 0 Å². The van der Waals surface area contributed by atoms with Gasteiger partial charge < -0.3 is 15.0 Å². The van der Waals surface area contributed by atoms with E-state index in [1.165, 1.54) is 4.90 Å². The molecule has 1 atom stereocenters. The second kappa shape index (κ2) is 10.3. The highest BCUT2D eigenvalue weighted by molar-refractivity contribution is 6.42. The van der Waals surface area contributed by atoms with Gasteiger partial charge in [0.15, 0.2) is 6.61 Å². The number of nitrogens with zero attached hydrogens (tertiary/aromatic N) is 1. The number of carbonyl (C=O) groups excluding carboxylic acids is 2. The van der Waals surface area contributed by atoms with Crippen LogP contribution >= 0.6 is 23.2 Å². The molecule has 2 rings (SSSR count). The van der Waals surface area contributed by atoms with Crippen molar-refractivity contribution in [3.05, 3.63) is 63.6 Å².